The fourth-order valence-electron chi connectivity index (χ4n) is 4.04. The third-order valence-corrected chi connectivity index (χ3v) is 5.57. The van der Waals surface area contributed by atoms with Crippen LogP contribution in [0.25, 0.3) is 0 Å². The highest BCUT2D eigenvalue weighted by Crippen LogP contribution is 2.31. The monoisotopic (exact) mass is 433 g/mol. The number of carbonyl (C=O) groups excluding carboxylic acids is 2. The summed E-state index contributed by atoms with van der Waals surface area (Å²) in [7, 11) is 0. The molecule has 7 nitrogen and oxygen atoms in total. The minimum absolute atomic E-state index is 0.0583. The molecule has 1 fully saturated rings. The van der Waals surface area contributed by atoms with Gasteiger partial charge in [0, 0.05) is 18.7 Å². The van der Waals surface area contributed by atoms with Gasteiger partial charge in [0.2, 0.25) is 11.8 Å². The molecule has 0 bridgehead atoms. The molecule has 0 unspecified atom stereocenters. The van der Waals surface area contributed by atoms with Crippen LogP contribution in [-0.2, 0) is 16.0 Å². The number of fused-ring (bicyclic) bond motifs is 1. The van der Waals surface area contributed by atoms with Gasteiger partial charge in [0.25, 0.3) is 0 Å². The van der Waals surface area contributed by atoms with E-state index in [9.17, 15) is 9.59 Å². The summed E-state index contributed by atoms with van der Waals surface area (Å²) < 4.78 is 11.2. The molecule has 166 valence electrons. The normalized spacial score (nSPS) is 16.3. The number of carbonyl (C=O) groups is 2. The number of ether oxygens (including phenoxy) is 2. The van der Waals surface area contributed by atoms with Crippen molar-refractivity contribution in [3.05, 3.63) is 47.7 Å². The summed E-state index contributed by atoms with van der Waals surface area (Å²) in [5.41, 5.74) is 1.08. The minimum atomic E-state index is -0.542. The summed E-state index contributed by atoms with van der Waals surface area (Å²) >= 11 is 0. The molecule has 32 heavy (non-hydrogen) atoms. The second-order valence-corrected chi connectivity index (χ2v) is 8.21. The van der Waals surface area contributed by atoms with Crippen molar-refractivity contribution in [3.8, 4) is 23.3 Å². The number of nitrogens with zero attached hydrogens (tertiary/aromatic N) is 1. The molecule has 1 saturated carbocycles. The molecule has 0 saturated heterocycles. The van der Waals surface area contributed by atoms with Gasteiger partial charge in [-0.15, -0.1) is 0 Å². The Bertz CT molecular complexity index is 1050. The smallest absolute Gasteiger partial charge is 0.225 e. The van der Waals surface area contributed by atoms with Crippen LogP contribution in [0.4, 0.5) is 5.82 Å². The van der Waals surface area contributed by atoms with Gasteiger partial charge in [-0.25, -0.2) is 4.98 Å². The molecule has 2 heterocycles. The van der Waals surface area contributed by atoms with Crippen LogP contribution in [0.2, 0.25) is 0 Å². The fraction of sp³-hybridized carbons (Fsp3) is 0.400. The Hall–Kier alpha value is -3.53. The van der Waals surface area contributed by atoms with Gasteiger partial charge in [0.15, 0.2) is 11.5 Å². The van der Waals surface area contributed by atoms with Crippen LogP contribution < -0.4 is 20.1 Å². The number of hydrogen-bond donors (Lipinski definition) is 2. The van der Waals surface area contributed by atoms with E-state index in [1.165, 1.54) is 6.92 Å². The van der Waals surface area contributed by atoms with E-state index in [4.69, 9.17) is 9.47 Å². The van der Waals surface area contributed by atoms with E-state index < -0.39 is 5.54 Å². The summed E-state index contributed by atoms with van der Waals surface area (Å²) in [6, 6.07) is 9.16. The number of anilines is 1. The van der Waals surface area contributed by atoms with E-state index >= 15 is 0 Å². The van der Waals surface area contributed by atoms with Crippen molar-refractivity contribution >= 4 is 17.6 Å². The van der Waals surface area contributed by atoms with Crippen LogP contribution in [-0.4, -0.2) is 35.6 Å². The second kappa shape index (κ2) is 9.73. The van der Waals surface area contributed by atoms with Crippen molar-refractivity contribution in [3.63, 3.8) is 0 Å². The van der Waals surface area contributed by atoms with Crippen molar-refractivity contribution in [2.24, 2.45) is 0 Å². The van der Waals surface area contributed by atoms with Crippen LogP contribution >= 0.6 is 0 Å². The summed E-state index contributed by atoms with van der Waals surface area (Å²) in [5.74, 6) is 8.16. The van der Waals surface area contributed by atoms with Crippen molar-refractivity contribution in [2.75, 3.05) is 18.5 Å². The largest absolute Gasteiger partial charge is 0.486 e. The molecule has 4 rings (SSSR count). The molecule has 1 aromatic heterocycles. The lowest BCUT2D eigenvalue weighted by Crippen LogP contribution is -2.49. The van der Waals surface area contributed by atoms with Gasteiger partial charge in [-0.3, -0.25) is 9.59 Å². The lowest BCUT2D eigenvalue weighted by atomic mass is 9.81. The van der Waals surface area contributed by atoms with Crippen LogP contribution in [0.15, 0.2) is 36.5 Å². The number of nitrogens with one attached hydrogen (secondary N) is 2. The first-order valence-corrected chi connectivity index (χ1v) is 11.0. The Labute approximate surface area is 187 Å². The Morgan fingerprint density at radius 3 is 2.56 bits per heavy atom. The number of hydrogen-bond acceptors (Lipinski definition) is 5. The maximum absolute atomic E-state index is 12.9. The van der Waals surface area contributed by atoms with Gasteiger partial charge < -0.3 is 20.1 Å². The topological polar surface area (TPSA) is 89.6 Å². The number of amides is 2. The fourth-order valence-corrected chi connectivity index (χ4v) is 4.04. The minimum Gasteiger partial charge on any atom is -0.486 e. The number of pyridine rings is 1. The molecule has 0 radical (unpaired) electrons. The first-order chi connectivity index (χ1) is 15.5. The van der Waals surface area contributed by atoms with Gasteiger partial charge in [-0.1, -0.05) is 37.2 Å². The third kappa shape index (κ3) is 5.58. The molecule has 1 aliphatic heterocycles. The molecule has 1 aromatic carbocycles. The van der Waals surface area contributed by atoms with E-state index in [2.05, 4.69) is 27.5 Å². The standard InChI is InChI=1S/C25H27N3O4/c1-18(29)27-23-8-6-19(17-26-23)9-12-25(10-3-2-4-11-25)28-24(30)16-20-5-7-21-22(15-20)32-14-13-31-21/h5-8,15,17H,2-4,10-11,13-14,16H2,1H3,(H,28,30)(H,26,27,29). The van der Waals surface area contributed by atoms with Gasteiger partial charge in [-0.2, -0.15) is 0 Å². The van der Waals surface area contributed by atoms with Gasteiger partial charge in [0.1, 0.15) is 24.6 Å². The Kier molecular flexibility index (Phi) is 6.60. The summed E-state index contributed by atoms with van der Waals surface area (Å²) in [6.07, 6.45) is 6.74. The SMILES string of the molecule is CC(=O)Nc1ccc(C#CC2(NC(=O)Cc3ccc4c(c3)OCCO4)CCCCC2)cn1. The first-order valence-electron chi connectivity index (χ1n) is 11.0. The number of rotatable bonds is 4. The highest BCUT2D eigenvalue weighted by molar-refractivity contribution is 5.87. The Morgan fingerprint density at radius 1 is 1.06 bits per heavy atom. The molecule has 2 amide bonds. The van der Waals surface area contributed by atoms with Crippen molar-refractivity contribution in [2.45, 2.75) is 51.0 Å². The molecule has 2 aromatic rings. The second-order valence-electron chi connectivity index (χ2n) is 8.21. The average molecular weight is 434 g/mol. The van der Waals surface area contributed by atoms with Crippen molar-refractivity contribution < 1.29 is 19.1 Å². The van der Waals surface area contributed by atoms with Gasteiger partial charge in [-0.05, 0) is 42.7 Å². The predicted molar refractivity (Wildman–Crippen MR) is 121 cm³/mol. The summed E-state index contributed by atoms with van der Waals surface area (Å²) in [5, 5.41) is 5.85. The quantitative estimate of drug-likeness (QED) is 0.723. The highest BCUT2D eigenvalue weighted by atomic mass is 16.6. The first kappa shape index (κ1) is 21.7. The van der Waals surface area contributed by atoms with Crippen molar-refractivity contribution in [1.82, 2.24) is 10.3 Å². The third-order valence-electron chi connectivity index (χ3n) is 5.57. The van der Waals surface area contributed by atoms with E-state index in [0.717, 1.165) is 43.2 Å². The summed E-state index contributed by atoms with van der Waals surface area (Å²) in [4.78, 5) is 28.3. The van der Waals surface area contributed by atoms with E-state index in [-0.39, 0.29) is 18.2 Å². The molecular weight excluding hydrogens is 406 g/mol. The van der Waals surface area contributed by atoms with Crippen LogP contribution in [0.5, 0.6) is 11.5 Å². The summed E-state index contributed by atoms with van der Waals surface area (Å²) in [6.45, 7) is 2.50. The lowest BCUT2D eigenvalue weighted by molar-refractivity contribution is -0.122. The number of benzene rings is 1. The zero-order valence-corrected chi connectivity index (χ0v) is 18.2. The van der Waals surface area contributed by atoms with Gasteiger partial charge in [0.05, 0.1) is 6.42 Å². The van der Waals surface area contributed by atoms with E-state index in [1.54, 1.807) is 12.3 Å². The molecule has 0 atom stereocenters. The molecule has 2 aliphatic rings. The lowest BCUT2D eigenvalue weighted by Gasteiger charge is -2.33. The van der Waals surface area contributed by atoms with E-state index in [1.807, 2.05) is 24.3 Å². The van der Waals surface area contributed by atoms with E-state index in [0.29, 0.717) is 30.5 Å². The molecule has 0 spiro atoms. The van der Waals surface area contributed by atoms with Gasteiger partial charge >= 0.3 is 0 Å². The molecule has 7 heteroatoms. The Morgan fingerprint density at radius 2 is 1.84 bits per heavy atom. The molecule has 1 aliphatic carbocycles. The zero-order valence-electron chi connectivity index (χ0n) is 18.2. The maximum Gasteiger partial charge on any atom is 0.225 e. The molecule has 2 N–H and O–H groups in total. The number of aromatic nitrogens is 1. The van der Waals surface area contributed by atoms with Crippen LogP contribution in [0.3, 0.4) is 0 Å². The highest BCUT2D eigenvalue weighted by Gasteiger charge is 2.31. The molecular formula is C25H27N3O4. The predicted octanol–water partition coefficient (Wildman–Crippen LogP) is 3.22. The average Bonchev–Trinajstić information content (AvgIpc) is 2.79. The van der Waals surface area contributed by atoms with Crippen molar-refractivity contribution in [1.29, 1.82) is 0 Å². The zero-order chi connectivity index (χ0) is 22.4. The van der Waals surface area contributed by atoms with Crippen LogP contribution in [0, 0.1) is 11.8 Å². The Balaban J connectivity index is 1.45. The maximum atomic E-state index is 12.9. The van der Waals surface area contributed by atoms with Crippen LogP contribution in [0.1, 0.15) is 50.2 Å².